The highest BCUT2D eigenvalue weighted by molar-refractivity contribution is 7.09. The van der Waals surface area contributed by atoms with Gasteiger partial charge in [-0.15, -0.1) is 11.3 Å². The van der Waals surface area contributed by atoms with Crippen LogP contribution < -0.4 is 5.32 Å². The summed E-state index contributed by atoms with van der Waals surface area (Å²) in [6.45, 7) is 6.60. The number of rotatable bonds is 5. The molecule has 1 unspecified atom stereocenters. The van der Waals surface area contributed by atoms with Crippen molar-refractivity contribution in [2.24, 2.45) is 5.92 Å². The topological polar surface area (TPSA) is 24.9 Å². The van der Waals surface area contributed by atoms with Crippen molar-refractivity contribution in [1.29, 1.82) is 0 Å². The van der Waals surface area contributed by atoms with Gasteiger partial charge in [0, 0.05) is 4.88 Å². The molecule has 0 aliphatic heterocycles. The van der Waals surface area contributed by atoms with E-state index >= 15 is 0 Å². The van der Waals surface area contributed by atoms with Crippen LogP contribution in [0.15, 0.2) is 29.8 Å². The lowest BCUT2D eigenvalue weighted by Gasteiger charge is -2.17. The molecule has 0 aliphatic carbocycles. The van der Waals surface area contributed by atoms with Crippen molar-refractivity contribution in [3.63, 3.8) is 0 Å². The zero-order valence-corrected chi connectivity index (χ0v) is 12.9. The van der Waals surface area contributed by atoms with Crippen molar-refractivity contribution < 1.29 is 0 Å². The minimum atomic E-state index is 0.250. The lowest BCUT2D eigenvalue weighted by molar-refractivity contribution is 0.643. The van der Waals surface area contributed by atoms with Crippen molar-refractivity contribution in [1.82, 2.24) is 10.3 Å². The van der Waals surface area contributed by atoms with Gasteiger partial charge in [0.05, 0.1) is 17.2 Å². The monoisotopic (exact) mass is 274 g/mol. The predicted molar refractivity (Wildman–Crippen MR) is 82.7 cm³/mol. The highest BCUT2D eigenvalue weighted by Crippen LogP contribution is 2.28. The van der Waals surface area contributed by atoms with Gasteiger partial charge >= 0.3 is 0 Å². The van der Waals surface area contributed by atoms with E-state index in [0.29, 0.717) is 5.92 Å². The van der Waals surface area contributed by atoms with E-state index in [2.05, 4.69) is 55.3 Å². The van der Waals surface area contributed by atoms with Crippen LogP contribution in [0.4, 0.5) is 0 Å². The van der Waals surface area contributed by atoms with Gasteiger partial charge in [0.2, 0.25) is 0 Å². The van der Waals surface area contributed by atoms with Gasteiger partial charge in [-0.1, -0.05) is 38.1 Å². The normalized spacial score (nSPS) is 12.9. The quantitative estimate of drug-likeness (QED) is 0.892. The number of nitrogens with zero attached hydrogens (tertiary/aromatic N) is 1. The van der Waals surface area contributed by atoms with Crippen molar-refractivity contribution in [3.05, 3.63) is 51.5 Å². The van der Waals surface area contributed by atoms with Gasteiger partial charge in [0.15, 0.2) is 0 Å². The standard InChI is InChI=1S/C16H22N2S/c1-11(2)8-13-6-5-7-14(9-13)15(17-4)16-12(3)18-10-19-16/h5-7,9-11,15,17H,8H2,1-4H3. The van der Waals surface area contributed by atoms with E-state index < -0.39 is 0 Å². The molecule has 0 radical (unpaired) electrons. The molecular weight excluding hydrogens is 252 g/mol. The van der Waals surface area contributed by atoms with Crippen LogP contribution in [0.3, 0.4) is 0 Å². The van der Waals surface area contributed by atoms with Crippen LogP contribution in [-0.4, -0.2) is 12.0 Å². The molecule has 19 heavy (non-hydrogen) atoms. The summed E-state index contributed by atoms with van der Waals surface area (Å²) < 4.78 is 0. The molecule has 1 heterocycles. The highest BCUT2D eigenvalue weighted by atomic mass is 32.1. The Morgan fingerprint density at radius 1 is 1.32 bits per heavy atom. The van der Waals surface area contributed by atoms with Crippen LogP contribution in [0.1, 0.15) is 41.6 Å². The number of aromatic nitrogens is 1. The van der Waals surface area contributed by atoms with Crippen LogP contribution in [0.25, 0.3) is 0 Å². The van der Waals surface area contributed by atoms with Crippen molar-refractivity contribution in [2.75, 3.05) is 7.05 Å². The van der Waals surface area contributed by atoms with E-state index in [0.717, 1.165) is 12.1 Å². The van der Waals surface area contributed by atoms with E-state index in [-0.39, 0.29) is 6.04 Å². The second-order valence-electron chi connectivity index (χ2n) is 5.37. The Morgan fingerprint density at radius 2 is 2.11 bits per heavy atom. The van der Waals surface area contributed by atoms with Crippen LogP contribution in [0, 0.1) is 12.8 Å². The smallest absolute Gasteiger partial charge is 0.0798 e. The minimum Gasteiger partial charge on any atom is -0.309 e. The molecule has 2 nitrogen and oxygen atoms in total. The molecule has 0 amide bonds. The number of thiazole rings is 1. The molecule has 0 spiro atoms. The molecule has 3 heteroatoms. The average Bonchev–Trinajstić information content (AvgIpc) is 2.77. The van der Waals surface area contributed by atoms with Gasteiger partial charge in [0.1, 0.15) is 0 Å². The van der Waals surface area contributed by atoms with E-state index in [9.17, 15) is 0 Å². The van der Waals surface area contributed by atoms with Gasteiger partial charge in [-0.3, -0.25) is 0 Å². The molecule has 1 aromatic carbocycles. The van der Waals surface area contributed by atoms with Gasteiger partial charge in [-0.25, -0.2) is 4.98 Å². The summed E-state index contributed by atoms with van der Waals surface area (Å²) >= 11 is 1.72. The first-order valence-corrected chi connectivity index (χ1v) is 7.66. The molecule has 0 aliphatic rings. The van der Waals surface area contributed by atoms with Gasteiger partial charge < -0.3 is 5.32 Å². The fourth-order valence-corrected chi connectivity index (χ4v) is 3.35. The summed E-state index contributed by atoms with van der Waals surface area (Å²) in [5, 5.41) is 3.41. The lowest BCUT2D eigenvalue weighted by atomic mass is 9.97. The molecular formula is C16H22N2S. The number of hydrogen-bond acceptors (Lipinski definition) is 3. The van der Waals surface area contributed by atoms with Crippen molar-refractivity contribution >= 4 is 11.3 Å². The predicted octanol–water partition coefficient (Wildman–Crippen LogP) is 3.96. The summed E-state index contributed by atoms with van der Waals surface area (Å²) in [7, 11) is 2.01. The van der Waals surface area contributed by atoms with Crippen LogP contribution in [0.5, 0.6) is 0 Å². The molecule has 0 saturated heterocycles. The summed E-state index contributed by atoms with van der Waals surface area (Å²) in [5.74, 6) is 0.688. The maximum absolute atomic E-state index is 4.36. The molecule has 102 valence electrons. The number of benzene rings is 1. The zero-order valence-electron chi connectivity index (χ0n) is 12.1. The Bertz CT molecular complexity index is 531. The van der Waals surface area contributed by atoms with Crippen LogP contribution in [0.2, 0.25) is 0 Å². The SMILES string of the molecule is CNC(c1cccc(CC(C)C)c1)c1scnc1C. The molecule has 1 atom stereocenters. The molecule has 0 saturated carbocycles. The first kappa shape index (κ1) is 14.2. The third-order valence-electron chi connectivity index (χ3n) is 3.26. The van der Waals surface area contributed by atoms with E-state index in [1.807, 2.05) is 12.6 Å². The van der Waals surface area contributed by atoms with Gasteiger partial charge in [0.25, 0.3) is 0 Å². The van der Waals surface area contributed by atoms with Crippen LogP contribution >= 0.6 is 11.3 Å². The average molecular weight is 274 g/mol. The molecule has 1 aromatic heterocycles. The third-order valence-corrected chi connectivity index (χ3v) is 4.26. The lowest BCUT2D eigenvalue weighted by Crippen LogP contribution is -2.17. The third kappa shape index (κ3) is 3.43. The van der Waals surface area contributed by atoms with Crippen molar-refractivity contribution in [3.8, 4) is 0 Å². The van der Waals surface area contributed by atoms with Crippen molar-refractivity contribution in [2.45, 2.75) is 33.2 Å². The first-order valence-electron chi connectivity index (χ1n) is 6.78. The molecule has 1 N–H and O–H groups in total. The number of nitrogens with one attached hydrogen (secondary N) is 1. The van der Waals surface area contributed by atoms with E-state index in [4.69, 9.17) is 0 Å². The summed E-state index contributed by atoms with van der Waals surface area (Å²) in [6, 6.07) is 9.15. The summed E-state index contributed by atoms with van der Waals surface area (Å²) in [4.78, 5) is 5.67. The Labute approximate surface area is 119 Å². The fourth-order valence-electron chi connectivity index (χ4n) is 2.41. The van der Waals surface area contributed by atoms with E-state index in [1.54, 1.807) is 11.3 Å². The Morgan fingerprint density at radius 3 is 2.68 bits per heavy atom. The molecule has 2 rings (SSSR count). The van der Waals surface area contributed by atoms with Gasteiger partial charge in [-0.2, -0.15) is 0 Å². The number of hydrogen-bond donors (Lipinski definition) is 1. The summed E-state index contributed by atoms with van der Waals surface area (Å²) in [6.07, 6.45) is 1.13. The van der Waals surface area contributed by atoms with Gasteiger partial charge in [-0.05, 0) is 37.4 Å². The Kier molecular flexibility index (Phi) is 4.72. The molecule has 2 aromatic rings. The molecule has 0 bridgehead atoms. The highest BCUT2D eigenvalue weighted by Gasteiger charge is 2.16. The maximum Gasteiger partial charge on any atom is 0.0798 e. The number of aryl methyl sites for hydroxylation is 1. The maximum atomic E-state index is 4.36. The van der Waals surface area contributed by atoms with Crippen LogP contribution in [-0.2, 0) is 6.42 Å². The fraction of sp³-hybridized carbons (Fsp3) is 0.438. The second kappa shape index (κ2) is 6.31. The van der Waals surface area contributed by atoms with E-state index in [1.165, 1.54) is 16.0 Å². The minimum absolute atomic E-state index is 0.250. The first-order chi connectivity index (χ1) is 9.11. The second-order valence-corrected chi connectivity index (χ2v) is 6.25. The zero-order chi connectivity index (χ0) is 13.8. The largest absolute Gasteiger partial charge is 0.309 e. The Hall–Kier alpha value is -1.19. The Balaban J connectivity index is 2.31. The molecule has 0 fully saturated rings. The summed E-state index contributed by atoms with van der Waals surface area (Å²) in [5.41, 5.74) is 5.79.